The molecule has 106 valence electrons. The zero-order chi connectivity index (χ0) is 15.0. The molecule has 0 atom stereocenters. The lowest BCUT2D eigenvalue weighted by Crippen LogP contribution is -2.03. The van der Waals surface area contributed by atoms with Gasteiger partial charge in [-0.3, -0.25) is 0 Å². The zero-order valence-corrected chi connectivity index (χ0v) is 12.8. The van der Waals surface area contributed by atoms with Crippen LogP contribution in [0.5, 0.6) is 0 Å². The molecule has 0 unspecified atom stereocenters. The Kier molecular flexibility index (Phi) is 6.44. The molecular formula is C17H23N3. The predicted molar refractivity (Wildman–Crippen MR) is 89.2 cm³/mol. The monoisotopic (exact) mass is 269 g/mol. The standard InChI is InChI=1S/C17H23N3/c1-6-13(2)17(20-14(3)18-4)15-9-7-8-10-16(19-5)12-11-15/h7-12,19H,4,6H2,1-3,5H3/b8-7-,9-7?,10-8?,12-11-,15-9+,15-11?,16-10+,16-12?,17-13-,20-14-. The summed E-state index contributed by atoms with van der Waals surface area (Å²) in [4.78, 5) is 8.47. The Morgan fingerprint density at radius 2 is 1.90 bits per heavy atom. The average molecular weight is 269 g/mol. The molecule has 0 bridgehead atoms. The molecule has 0 radical (unpaired) electrons. The van der Waals surface area contributed by atoms with Gasteiger partial charge in [-0.1, -0.05) is 31.2 Å². The van der Waals surface area contributed by atoms with Crippen molar-refractivity contribution in [3.8, 4) is 0 Å². The van der Waals surface area contributed by atoms with E-state index in [1.807, 2.05) is 38.3 Å². The normalized spacial score (nSPS) is 25.1. The summed E-state index contributed by atoms with van der Waals surface area (Å²) in [6, 6.07) is 0. The first-order chi connectivity index (χ1) is 9.62. The minimum Gasteiger partial charge on any atom is -0.388 e. The quantitative estimate of drug-likeness (QED) is 0.609. The largest absolute Gasteiger partial charge is 0.388 e. The molecule has 0 aromatic carbocycles. The molecule has 1 aliphatic carbocycles. The van der Waals surface area contributed by atoms with Crippen LogP contribution in [-0.4, -0.2) is 19.6 Å². The lowest BCUT2D eigenvalue weighted by molar-refractivity contribution is 1.03. The lowest BCUT2D eigenvalue weighted by atomic mass is 10.0. The molecule has 0 aromatic heterocycles. The second-order valence-corrected chi connectivity index (χ2v) is 4.51. The minimum atomic E-state index is 0.678. The average Bonchev–Trinajstić information content (AvgIpc) is 2.44. The van der Waals surface area contributed by atoms with Crippen LogP contribution in [0.25, 0.3) is 0 Å². The maximum absolute atomic E-state index is 4.59. The van der Waals surface area contributed by atoms with Gasteiger partial charge in [0.15, 0.2) is 0 Å². The predicted octanol–water partition coefficient (Wildman–Crippen LogP) is 3.95. The number of likely N-dealkylation sites (N-methyl/N-ethyl adjacent to an activating group) is 1. The van der Waals surface area contributed by atoms with Crippen LogP contribution in [0.2, 0.25) is 0 Å². The number of nitrogens with one attached hydrogen (secondary N) is 1. The van der Waals surface area contributed by atoms with Gasteiger partial charge in [0, 0.05) is 18.3 Å². The summed E-state index contributed by atoms with van der Waals surface area (Å²) < 4.78 is 0. The topological polar surface area (TPSA) is 36.8 Å². The first-order valence-electron chi connectivity index (χ1n) is 6.79. The van der Waals surface area contributed by atoms with Gasteiger partial charge < -0.3 is 5.32 Å². The number of nitrogens with zero attached hydrogens (tertiary/aromatic N) is 2. The number of rotatable bonds is 4. The highest BCUT2D eigenvalue weighted by Gasteiger charge is 2.06. The Hall–Kier alpha value is -2.16. The minimum absolute atomic E-state index is 0.678. The van der Waals surface area contributed by atoms with Gasteiger partial charge in [0.25, 0.3) is 0 Å². The van der Waals surface area contributed by atoms with E-state index in [9.17, 15) is 0 Å². The molecule has 20 heavy (non-hydrogen) atoms. The van der Waals surface area contributed by atoms with Crippen LogP contribution in [-0.2, 0) is 0 Å². The van der Waals surface area contributed by atoms with Crippen molar-refractivity contribution < 1.29 is 0 Å². The number of aliphatic imine (C=N–C) groups is 2. The van der Waals surface area contributed by atoms with Gasteiger partial charge in [-0.05, 0) is 44.7 Å². The van der Waals surface area contributed by atoms with Crippen LogP contribution >= 0.6 is 0 Å². The molecule has 1 rings (SSSR count). The molecule has 0 spiro atoms. The Bertz CT molecular complexity index is 541. The van der Waals surface area contributed by atoms with Crippen LogP contribution in [0, 0.1) is 0 Å². The fourth-order valence-corrected chi connectivity index (χ4v) is 1.70. The summed E-state index contributed by atoms with van der Waals surface area (Å²) in [6.45, 7) is 9.61. The van der Waals surface area contributed by atoms with Gasteiger partial charge in [-0.2, -0.15) is 0 Å². The second-order valence-electron chi connectivity index (χ2n) is 4.51. The number of amidine groups is 1. The van der Waals surface area contributed by atoms with E-state index in [2.05, 4.69) is 48.0 Å². The van der Waals surface area contributed by atoms with E-state index in [0.717, 1.165) is 23.4 Å². The van der Waals surface area contributed by atoms with Gasteiger partial charge in [-0.15, -0.1) is 0 Å². The molecule has 0 amide bonds. The molecule has 1 N–H and O–H groups in total. The van der Waals surface area contributed by atoms with E-state index in [-0.39, 0.29) is 0 Å². The van der Waals surface area contributed by atoms with E-state index in [1.165, 1.54) is 5.57 Å². The molecule has 0 saturated carbocycles. The van der Waals surface area contributed by atoms with Crippen molar-refractivity contribution in [2.24, 2.45) is 9.98 Å². The van der Waals surface area contributed by atoms with Gasteiger partial charge >= 0.3 is 0 Å². The third-order valence-corrected chi connectivity index (χ3v) is 3.10. The summed E-state index contributed by atoms with van der Waals surface area (Å²) in [5, 5.41) is 3.14. The maximum atomic E-state index is 4.59. The van der Waals surface area contributed by atoms with Crippen molar-refractivity contribution in [2.75, 3.05) is 7.05 Å². The Labute approximate surface area is 121 Å². The Balaban J connectivity index is 3.26. The molecule has 3 heteroatoms. The first kappa shape index (κ1) is 15.9. The first-order valence-corrected chi connectivity index (χ1v) is 6.79. The molecule has 0 aliphatic heterocycles. The Morgan fingerprint density at radius 3 is 2.50 bits per heavy atom. The van der Waals surface area contributed by atoms with E-state index >= 15 is 0 Å². The SMILES string of the molecule is C=N\C(C)=N/C(=C(/C)CC)C1=C/C=C\C=C(NC)/C=C\1. The number of hydrogen-bond donors (Lipinski definition) is 1. The van der Waals surface area contributed by atoms with Gasteiger partial charge in [0.05, 0.1) is 5.70 Å². The van der Waals surface area contributed by atoms with Gasteiger partial charge in [0.1, 0.15) is 5.84 Å². The van der Waals surface area contributed by atoms with Crippen molar-refractivity contribution in [2.45, 2.75) is 27.2 Å². The van der Waals surface area contributed by atoms with Crippen LogP contribution < -0.4 is 5.32 Å². The van der Waals surface area contributed by atoms with E-state index < -0.39 is 0 Å². The fraction of sp³-hybridized carbons (Fsp3) is 0.294. The van der Waals surface area contributed by atoms with Crippen LogP contribution in [0.1, 0.15) is 27.2 Å². The van der Waals surface area contributed by atoms with Crippen molar-refractivity contribution in [1.29, 1.82) is 0 Å². The summed E-state index contributed by atoms with van der Waals surface area (Å²) >= 11 is 0. The highest BCUT2D eigenvalue weighted by molar-refractivity contribution is 5.85. The summed E-state index contributed by atoms with van der Waals surface area (Å²) in [6.07, 6.45) is 13.2. The highest BCUT2D eigenvalue weighted by atomic mass is 14.9. The van der Waals surface area contributed by atoms with E-state index in [4.69, 9.17) is 0 Å². The maximum Gasteiger partial charge on any atom is 0.125 e. The molecule has 3 nitrogen and oxygen atoms in total. The molecule has 0 aromatic rings. The molecule has 0 fully saturated rings. The fourth-order valence-electron chi connectivity index (χ4n) is 1.70. The highest BCUT2D eigenvalue weighted by Crippen LogP contribution is 2.22. The third-order valence-electron chi connectivity index (χ3n) is 3.10. The third kappa shape index (κ3) is 4.50. The van der Waals surface area contributed by atoms with Crippen molar-refractivity contribution >= 4 is 12.6 Å². The lowest BCUT2D eigenvalue weighted by Gasteiger charge is -2.10. The van der Waals surface area contributed by atoms with Crippen LogP contribution in [0.4, 0.5) is 0 Å². The van der Waals surface area contributed by atoms with Crippen molar-refractivity contribution in [3.05, 3.63) is 59.0 Å². The molecule has 0 heterocycles. The van der Waals surface area contributed by atoms with Crippen LogP contribution in [0.15, 0.2) is 69.0 Å². The molecular weight excluding hydrogens is 246 g/mol. The van der Waals surface area contributed by atoms with Gasteiger partial charge in [-0.25, -0.2) is 9.98 Å². The van der Waals surface area contributed by atoms with E-state index in [1.54, 1.807) is 0 Å². The van der Waals surface area contributed by atoms with Crippen molar-refractivity contribution in [3.63, 3.8) is 0 Å². The van der Waals surface area contributed by atoms with Crippen LogP contribution in [0.3, 0.4) is 0 Å². The summed E-state index contributed by atoms with van der Waals surface area (Å²) in [5.41, 5.74) is 4.33. The zero-order valence-electron chi connectivity index (χ0n) is 12.8. The van der Waals surface area contributed by atoms with Crippen molar-refractivity contribution in [1.82, 2.24) is 5.32 Å². The molecule has 0 saturated heterocycles. The number of allylic oxidation sites excluding steroid dienone is 7. The summed E-state index contributed by atoms with van der Waals surface area (Å²) in [7, 11) is 1.91. The van der Waals surface area contributed by atoms with Gasteiger partial charge in [0.2, 0.25) is 0 Å². The van der Waals surface area contributed by atoms with E-state index in [0.29, 0.717) is 5.84 Å². The number of hydrogen-bond acceptors (Lipinski definition) is 2. The second kappa shape index (κ2) is 8.10. The Morgan fingerprint density at radius 1 is 1.20 bits per heavy atom. The summed E-state index contributed by atoms with van der Waals surface area (Å²) in [5.74, 6) is 0.678. The molecule has 1 aliphatic rings. The smallest absolute Gasteiger partial charge is 0.125 e.